The number of rotatable bonds is 3. The third-order valence-corrected chi connectivity index (χ3v) is 4.47. The second-order valence-electron chi connectivity index (χ2n) is 4.68. The third kappa shape index (κ3) is 3.13. The summed E-state index contributed by atoms with van der Waals surface area (Å²) in [6.45, 7) is 2.48. The molecule has 1 aliphatic heterocycles. The van der Waals surface area contributed by atoms with Gasteiger partial charge in [-0.05, 0) is 43.3 Å². The van der Waals surface area contributed by atoms with Crippen LogP contribution in [0.1, 0.15) is 12.5 Å². The number of fused-ring (bicyclic) bond motifs is 1. The zero-order valence-electron chi connectivity index (χ0n) is 11.9. The molecule has 1 N–H and O–H groups in total. The minimum Gasteiger partial charge on any atom is -0.493 e. The highest BCUT2D eigenvalue weighted by Crippen LogP contribution is 2.39. The van der Waals surface area contributed by atoms with Gasteiger partial charge in [-0.25, -0.2) is 0 Å². The van der Waals surface area contributed by atoms with Gasteiger partial charge >= 0.3 is 0 Å². The fourth-order valence-corrected chi connectivity index (χ4v) is 3.29. The number of benzene rings is 2. The first kappa shape index (κ1) is 15.0. The van der Waals surface area contributed by atoms with E-state index in [0.29, 0.717) is 22.3 Å². The lowest BCUT2D eigenvalue weighted by Gasteiger charge is -2.18. The molecule has 112 valence electrons. The van der Waals surface area contributed by atoms with Crippen LogP contribution in [-0.2, 0) is 4.79 Å². The largest absolute Gasteiger partial charge is 0.493 e. The second-order valence-corrected chi connectivity index (χ2v) is 6.20. The van der Waals surface area contributed by atoms with Crippen LogP contribution >= 0.6 is 23.4 Å². The van der Waals surface area contributed by atoms with Gasteiger partial charge in [0.1, 0.15) is 5.75 Å². The first-order chi connectivity index (χ1) is 10.7. The summed E-state index contributed by atoms with van der Waals surface area (Å²) < 4.78 is 5.59. The van der Waals surface area contributed by atoms with Crippen LogP contribution in [-0.4, -0.2) is 12.5 Å². The van der Waals surface area contributed by atoms with Gasteiger partial charge in [0.25, 0.3) is 5.91 Å². The molecule has 2 aromatic carbocycles. The predicted molar refractivity (Wildman–Crippen MR) is 91.5 cm³/mol. The zero-order chi connectivity index (χ0) is 15.5. The van der Waals surface area contributed by atoms with E-state index in [1.165, 1.54) is 11.8 Å². The summed E-state index contributed by atoms with van der Waals surface area (Å²) in [6, 6.07) is 13.1. The van der Waals surface area contributed by atoms with E-state index in [4.69, 9.17) is 16.3 Å². The average molecular weight is 332 g/mol. The monoisotopic (exact) mass is 331 g/mol. The summed E-state index contributed by atoms with van der Waals surface area (Å²) in [7, 11) is 0. The maximum Gasteiger partial charge on any atom is 0.262 e. The number of halogens is 1. The lowest BCUT2D eigenvalue weighted by molar-refractivity contribution is -0.112. The minimum atomic E-state index is -0.119. The van der Waals surface area contributed by atoms with Gasteiger partial charge in [0.2, 0.25) is 0 Å². The van der Waals surface area contributed by atoms with Crippen LogP contribution in [0.3, 0.4) is 0 Å². The Bertz CT molecular complexity index is 758. The quantitative estimate of drug-likeness (QED) is 0.819. The fourth-order valence-electron chi connectivity index (χ4n) is 2.16. The van der Waals surface area contributed by atoms with Crippen LogP contribution in [0.2, 0.25) is 5.02 Å². The Hall–Kier alpha value is -1.91. The number of hydrogen-bond acceptors (Lipinski definition) is 3. The van der Waals surface area contributed by atoms with E-state index < -0.39 is 0 Å². The summed E-state index contributed by atoms with van der Waals surface area (Å²) in [5.74, 6) is 0.595. The molecule has 0 bridgehead atoms. The van der Waals surface area contributed by atoms with Crippen molar-refractivity contribution in [1.29, 1.82) is 0 Å². The van der Waals surface area contributed by atoms with E-state index in [0.717, 1.165) is 16.1 Å². The predicted octanol–water partition coefficient (Wildman–Crippen LogP) is 4.82. The van der Waals surface area contributed by atoms with Crippen molar-refractivity contribution in [1.82, 2.24) is 0 Å². The van der Waals surface area contributed by atoms with Gasteiger partial charge < -0.3 is 10.1 Å². The molecule has 1 amide bonds. The zero-order valence-corrected chi connectivity index (χ0v) is 13.5. The van der Waals surface area contributed by atoms with Gasteiger partial charge in [-0.2, -0.15) is 0 Å². The van der Waals surface area contributed by atoms with Crippen LogP contribution in [0.5, 0.6) is 5.75 Å². The van der Waals surface area contributed by atoms with Crippen LogP contribution < -0.4 is 10.1 Å². The van der Waals surface area contributed by atoms with Gasteiger partial charge in [0.15, 0.2) is 0 Å². The summed E-state index contributed by atoms with van der Waals surface area (Å²) in [5.41, 5.74) is 1.64. The molecule has 0 unspecified atom stereocenters. The molecule has 0 saturated carbocycles. The normalized spacial score (nSPS) is 15.4. The molecule has 0 fully saturated rings. The topological polar surface area (TPSA) is 38.3 Å². The first-order valence-electron chi connectivity index (χ1n) is 6.89. The molecule has 5 heteroatoms. The molecule has 1 heterocycles. The van der Waals surface area contributed by atoms with Crippen molar-refractivity contribution in [3.63, 3.8) is 0 Å². The number of amides is 1. The molecular formula is C17H14ClNO2S. The van der Waals surface area contributed by atoms with Crippen molar-refractivity contribution < 1.29 is 9.53 Å². The maximum absolute atomic E-state index is 12.2. The highest BCUT2D eigenvalue weighted by Gasteiger charge is 2.21. The van der Waals surface area contributed by atoms with E-state index >= 15 is 0 Å². The van der Waals surface area contributed by atoms with E-state index in [2.05, 4.69) is 5.32 Å². The van der Waals surface area contributed by atoms with Crippen molar-refractivity contribution in [2.24, 2.45) is 0 Å². The number of carbonyl (C=O) groups excluding carboxylic acids is 1. The summed E-state index contributed by atoms with van der Waals surface area (Å²) in [5, 5.41) is 3.50. The molecule has 0 radical (unpaired) electrons. The molecule has 3 nitrogen and oxygen atoms in total. The number of thioether (sulfide) groups is 1. The SMILES string of the molecule is CCOc1ccc(Cl)cc1/C=C1\Sc2ccccc2NC1=O. The minimum absolute atomic E-state index is 0.119. The average Bonchev–Trinajstić information content (AvgIpc) is 2.51. The Morgan fingerprint density at radius 3 is 2.91 bits per heavy atom. The lowest BCUT2D eigenvalue weighted by atomic mass is 10.2. The van der Waals surface area contributed by atoms with Crippen molar-refractivity contribution in [3.8, 4) is 5.75 Å². The molecular weight excluding hydrogens is 318 g/mol. The smallest absolute Gasteiger partial charge is 0.262 e. The van der Waals surface area contributed by atoms with Gasteiger partial charge in [-0.1, -0.05) is 35.5 Å². The van der Waals surface area contributed by atoms with Crippen molar-refractivity contribution in [2.45, 2.75) is 11.8 Å². The Kier molecular flexibility index (Phi) is 4.41. The van der Waals surface area contributed by atoms with Crippen molar-refractivity contribution >= 4 is 41.0 Å². The number of carbonyl (C=O) groups is 1. The van der Waals surface area contributed by atoms with E-state index in [1.807, 2.05) is 43.3 Å². The van der Waals surface area contributed by atoms with E-state index in [1.54, 1.807) is 12.1 Å². The molecule has 0 atom stereocenters. The van der Waals surface area contributed by atoms with Gasteiger partial charge in [0.05, 0.1) is 17.2 Å². The van der Waals surface area contributed by atoms with Gasteiger partial charge in [0, 0.05) is 15.5 Å². The molecule has 3 rings (SSSR count). The Morgan fingerprint density at radius 1 is 1.27 bits per heavy atom. The Balaban J connectivity index is 1.99. The van der Waals surface area contributed by atoms with Crippen LogP contribution in [0.15, 0.2) is 52.3 Å². The maximum atomic E-state index is 12.2. The standard InChI is InChI=1S/C17H14ClNO2S/c1-2-21-14-8-7-12(18)9-11(14)10-16-17(20)19-13-5-3-4-6-15(13)22-16/h3-10H,2H2,1H3,(H,19,20)/b16-10-. The summed E-state index contributed by atoms with van der Waals surface area (Å²) >= 11 is 7.50. The molecule has 0 aromatic heterocycles. The first-order valence-corrected chi connectivity index (χ1v) is 8.09. The molecule has 22 heavy (non-hydrogen) atoms. The number of hydrogen-bond donors (Lipinski definition) is 1. The summed E-state index contributed by atoms with van der Waals surface area (Å²) in [4.78, 5) is 13.9. The van der Waals surface area contributed by atoms with Crippen molar-refractivity contribution in [2.75, 3.05) is 11.9 Å². The lowest BCUT2D eigenvalue weighted by Crippen LogP contribution is -2.17. The number of para-hydroxylation sites is 1. The highest BCUT2D eigenvalue weighted by molar-refractivity contribution is 8.04. The molecule has 0 aliphatic carbocycles. The van der Waals surface area contributed by atoms with Gasteiger partial charge in [-0.15, -0.1) is 0 Å². The van der Waals surface area contributed by atoms with Gasteiger partial charge in [-0.3, -0.25) is 4.79 Å². The van der Waals surface area contributed by atoms with E-state index in [-0.39, 0.29) is 5.91 Å². The third-order valence-electron chi connectivity index (χ3n) is 3.14. The number of ether oxygens (including phenoxy) is 1. The second kappa shape index (κ2) is 6.46. The Labute approximate surface area is 138 Å². The van der Waals surface area contributed by atoms with Crippen molar-refractivity contribution in [3.05, 3.63) is 58.0 Å². The van der Waals surface area contributed by atoms with Crippen LogP contribution in [0.4, 0.5) is 5.69 Å². The van der Waals surface area contributed by atoms with E-state index in [9.17, 15) is 4.79 Å². The number of nitrogens with one attached hydrogen (secondary N) is 1. The molecule has 1 aliphatic rings. The highest BCUT2D eigenvalue weighted by atomic mass is 35.5. The molecule has 2 aromatic rings. The fraction of sp³-hybridized carbons (Fsp3) is 0.118. The molecule has 0 saturated heterocycles. The summed E-state index contributed by atoms with van der Waals surface area (Å²) in [6.07, 6.45) is 1.81. The van der Waals surface area contributed by atoms with Crippen LogP contribution in [0.25, 0.3) is 6.08 Å². The van der Waals surface area contributed by atoms with Crippen LogP contribution in [0, 0.1) is 0 Å². The number of anilines is 1. The Morgan fingerprint density at radius 2 is 2.09 bits per heavy atom. The molecule has 0 spiro atoms.